The van der Waals surface area contributed by atoms with Gasteiger partial charge in [0.25, 0.3) is 5.92 Å². The average molecular weight is 575 g/mol. The smallest absolute Gasteiger partial charge is 0.201 e. The molecule has 1 aliphatic rings. The Morgan fingerprint density at radius 1 is 0.558 bits per heavy atom. The predicted molar refractivity (Wildman–Crippen MR) is 180 cm³/mol. The largest absolute Gasteiger partial charge is 0.277 e. The molecular weight excluding hydrogens is 530 g/mol. The summed E-state index contributed by atoms with van der Waals surface area (Å²) >= 11 is 0. The van der Waals surface area contributed by atoms with Gasteiger partial charge < -0.3 is 0 Å². The molecule has 4 aromatic carbocycles. The van der Waals surface area contributed by atoms with Crippen LogP contribution in [-0.2, 0) is 12.8 Å². The van der Waals surface area contributed by atoms with Gasteiger partial charge in [-0.05, 0) is 88.3 Å². The van der Waals surface area contributed by atoms with E-state index in [9.17, 15) is 0 Å². The van der Waals surface area contributed by atoms with Crippen LogP contribution >= 0.6 is 0 Å². The van der Waals surface area contributed by atoms with Crippen LogP contribution in [0.25, 0.3) is 33.4 Å². The van der Waals surface area contributed by atoms with Gasteiger partial charge in [0, 0.05) is 12.0 Å². The fourth-order valence-corrected chi connectivity index (χ4v) is 6.11. The standard InChI is InChI=1S/C41H44F2/c1-4-6-8-10-31-12-16-35(17-13-31)39-26-24-37(28-30(39)3)33-20-22-34(23-21-33)38-25-27-40(41(42,43)29-38)36-18-14-32(15-19-36)11-9-7-5-2/h12-28H,4-11,29H2,1-3H3. The number of aryl methyl sites for hydroxylation is 3. The highest BCUT2D eigenvalue weighted by atomic mass is 19.3. The third-order valence-electron chi connectivity index (χ3n) is 8.74. The number of hydrogen-bond donors (Lipinski definition) is 0. The summed E-state index contributed by atoms with van der Waals surface area (Å²) in [5.74, 6) is -2.91. The Morgan fingerprint density at radius 3 is 1.60 bits per heavy atom. The van der Waals surface area contributed by atoms with Gasteiger partial charge in [-0.25, -0.2) is 8.78 Å². The van der Waals surface area contributed by atoms with Crippen molar-refractivity contribution in [2.75, 3.05) is 0 Å². The second-order valence-electron chi connectivity index (χ2n) is 12.1. The molecule has 0 unspecified atom stereocenters. The lowest BCUT2D eigenvalue weighted by Gasteiger charge is -2.25. The van der Waals surface area contributed by atoms with E-state index in [4.69, 9.17) is 0 Å². The molecular formula is C41H44F2. The molecule has 0 aromatic heterocycles. The molecule has 0 fully saturated rings. The Bertz CT molecular complexity index is 1550. The number of alkyl halides is 2. The zero-order valence-corrected chi connectivity index (χ0v) is 25.9. The third-order valence-corrected chi connectivity index (χ3v) is 8.74. The predicted octanol–water partition coefficient (Wildman–Crippen LogP) is 12.3. The van der Waals surface area contributed by atoms with Crippen LogP contribution in [0.3, 0.4) is 0 Å². The fourth-order valence-electron chi connectivity index (χ4n) is 6.11. The highest BCUT2D eigenvalue weighted by molar-refractivity contribution is 5.83. The summed E-state index contributed by atoms with van der Waals surface area (Å²) in [4.78, 5) is 0. The van der Waals surface area contributed by atoms with Crippen LogP contribution in [0.5, 0.6) is 0 Å². The minimum absolute atomic E-state index is 0.106. The minimum Gasteiger partial charge on any atom is -0.201 e. The number of unbranched alkanes of at least 4 members (excludes halogenated alkanes) is 4. The zero-order chi connectivity index (χ0) is 30.2. The molecule has 0 aliphatic heterocycles. The first-order valence-electron chi connectivity index (χ1n) is 16.1. The van der Waals surface area contributed by atoms with E-state index in [0.717, 1.165) is 36.0 Å². The lowest BCUT2D eigenvalue weighted by Crippen LogP contribution is -2.21. The fraction of sp³-hybridized carbons (Fsp3) is 0.317. The van der Waals surface area contributed by atoms with Gasteiger partial charge in [0.2, 0.25) is 0 Å². The first-order chi connectivity index (χ1) is 20.9. The Hall–Kier alpha value is -3.78. The highest BCUT2D eigenvalue weighted by Gasteiger charge is 2.38. The maximum Gasteiger partial charge on any atom is 0.277 e. The van der Waals surface area contributed by atoms with E-state index in [-0.39, 0.29) is 12.0 Å². The van der Waals surface area contributed by atoms with E-state index in [1.807, 2.05) is 54.6 Å². The number of halogens is 2. The van der Waals surface area contributed by atoms with Crippen LogP contribution in [0.4, 0.5) is 8.78 Å². The normalized spacial score (nSPS) is 14.3. The van der Waals surface area contributed by atoms with Gasteiger partial charge in [0.05, 0.1) is 0 Å². The van der Waals surface area contributed by atoms with Crippen LogP contribution in [-0.4, -0.2) is 5.92 Å². The second-order valence-corrected chi connectivity index (χ2v) is 12.1. The van der Waals surface area contributed by atoms with Crippen LogP contribution in [0.2, 0.25) is 0 Å². The molecule has 0 nitrogen and oxygen atoms in total. The lowest BCUT2D eigenvalue weighted by molar-refractivity contribution is 0.0721. The molecule has 1 aliphatic carbocycles. The van der Waals surface area contributed by atoms with Crippen molar-refractivity contribution in [2.45, 2.75) is 84.5 Å². The number of hydrogen-bond acceptors (Lipinski definition) is 0. The molecule has 0 spiro atoms. The molecule has 0 saturated carbocycles. The summed E-state index contributed by atoms with van der Waals surface area (Å²) in [6.07, 6.45) is 12.6. The van der Waals surface area contributed by atoms with E-state index >= 15 is 8.78 Å². The Morgan fingerprint density at radius 2 is 1.07 bits per heavy atom. The van der Waals surface area contributed by atoms with Crippen molar-refractivity contribution in [3.05, 3.63) is 131 Å². The van der Waals surface area contributed by atoms with Crippen LogP contribution in [0, 0.1) is 6.92 Å². The molecule has 0 heterocycles. The summed E-state index contributed by atoms with van der Waals surface area (Å²) in [6.45, 7) is 6.58. The van der Waals surface area contributed by atoms with Crippen molar-refractivity contribution in [3.8, 4) is 22.3 Å². The summed E-state index contributed by atoms with van der Waals surface area (Å²) < 4.78 is 30.8. The van der Waals surface area contributed by atoms with Crippen LogP contribution in [0.1, 0.15) is 86.6 Å². The van der Waals surface area contributed by atoms with Crippen molar-refractivity contribution < 1.29 is 8.78 Å². The summed E-state index contributed by atoms with van der Waals surface area (Å²) in [5.41, 5.74) is 10.8. The maximum absolute atomic E-state index is 15.4. The van der Waals surface area contributed by atoms with Gasteiger partial charge in [-0.2, -0.15) is 0 Å². The maximum atomic E-state index is 15.4. The van der Waals surface area contributed by atoms with E-state index in [1.54, 1.807) is 6.08 Å². The van der Waals surface area contributed by atoms with Gasteiger partial charge in [-0.15, -0.1) is 0 Å². The molecule has 2 heteroatoms. The Labute approximate surface area is 257 Å². The molecule has 0 radical (unpaired) electrons. The molecule has 43 heavy (non-hydrogen) atoms. The topological polar surface area (TPSA) is 0 Å². The van der Waals surface area contributed by atoms with Crippen molar-refractivity contribution in [1.82, 2.24) is 0 Å². The van der Waals surface area contributed by atoms with E-state index < -0.39 is 5.92 Å². The zero-order valence-electron chi connectivity index (χ0n) is 25.9. The summed E-state index contributed by atoms with van der Waals surface area (Å²) in [6, 6.07) is 31.3. The van der Waals surface area contributed by atoms with Crippen molar-refractivity contribution in [1.29, 1.82) is 0 Å². The van der Waals surface area contributed by atoms with Gasteiger partial charge in [-0.3, -0.25) is 0 Å². The Balaban J connectivity index is 1.28. The highest BCUT2D eigenvalue weighted by Crippen LogP contribution is 2.43. The summed E-state index contributed by atoms with van der Waals surface area (Å²) in [5, 5.41) is 0. The van der Waals surface area contributed by atoms with Crippen LogP contribution in [0.15, 0.2) is 103 Å². The van der Waals surface area contributed by atoms with E-state index in [1.165, 1.54) is 59.9 Å². The molecule has 5 rings (SSSR count). The quantitative estimate of drug-likeness (QED) is 0.148. The monoisotopic (exact) mass is 574 g/mol. The number of benzene rings is 4. The molecule has 0 saturated heterocycles. The van der Waals surface area contributed by atoms with Gasteiger partial charge in [0.1, 0.15) is 0 Å². The lowest BCUT2D eigenvalue weighted by atomic mass is 9.86. The molecule has 4 aromatic rings. The molecule has 0 atom stereocenters. The van der Waals surface area contributed by atoms with Gasteiger partial charge >= 0.3 is 0 Å². The van der Waals surface area contributed by atoms with Crippen molar-refractivity contribution in [3.63, 3.8) is 0 Å². The minimum atomic E-state index is -2.91. The average Bonchev–Trinajstić information content (AvgIpc) is 3.02. The van der Waals surface area contributed by atoms with E-state index in [2.05, 4.69) is 63.2 Å². The third kappa shape index (κ3) is 7.60. The molecule has 0 bridgehead atoms. The van der Waals surface area contributed by atoms with Gasteiger partial charge in [-0.1, -0.05) is 143 Å². The SMILES string of the molecule is CCCCCc1ccc(C2=CC=C(c3ccc(-c4ccc(-c5ccc(CCCCC)cc5)c(C)c4)cc3)CC2(F)F)cc1. The second kappa shape index (κ2) is 14.1. The van der Waals surface area contributed by atoms with E-state index in [0.29, 0.717) is 11.1 Å². The first kappa shape index (κ1) is 30.7. The summed E-state index contributed by atoms with van der Waals surface area (Å²) in [7, 11) is 0. The van der Waals surface area contributed by atoms with Gasteiger partial charge in [0.15, 0.2) is 0 Å². The molecule has 0 amide bonds. The van der Waals surface area contributed by atoms with Crippen LogP contribution < -0.4 is 0 Å². The molecule has 222 valence electrons. The number of allylic oxidation sites excluding steroid dienone is 4. The molecule has 0 N–H and O–H groups in total. The number of rotatable bonds is 12. The van der Waals surface area contributed by atoms with Crippen molar-refractivity contribution in [2.24, 2.45) is 0 Å². The first-order valence-corrected chi connectivity index (χ1v) is 16.1. The van der Waals surface area contributed by atoms with Crippen molar-refractivity contribution >= 4 is 11.1 Å². The Kier molecular flexibility index (Phi) is 10.1.